The smallest absolute Gasteiger partial charge is 0.124 e. The molecule has 0 aliphatic heterocycles. The normalized spacial score (nSPS) is 10.3. The van der Waals surface area contributed by atoms with Gasteiger partial charge in [0, 0.05) is 11.1 Å². The van der Waals surface area contributed by atoms with Gasteiger partial charge in [0.1, 0.15) is 11.5 Å². The summed E-state index contributed by atoms with van der Waals surface area (Å²) in [5.41, 5.74) is 4.88. The van der Waals surface area contributed by atoms with E-state index >= 15 is 0 Å². The fourth-order valence-corrected chi connectivity index (χ4v) is 2.91. The zero-order chi connectivity index (χ0) is 17.1. The van der Waals surface area contributed by atoms with E-state index in [2.05, 4.69) is 13.2 Å². The van der Waals surface area contributed by atoms with Crippen molar-refractivity contribution in [3.8, 4) is 33.8 Å². The van der Waals surface area contributed by atoms with Gasteiger partial charge in [-0.2, -0.15) is 0 Å². The third-order valence-corrected chi connectivity index (χ3v) is 4.03. The first-order chi connectivity index (χ1) is 11.7. The van der Waals surface area contributed by atoms with Gasteiger partial charge in [-0.3, -0.25) is 0 Å². The van der Waals surface area contributed by atoms with Crippen LogP contribution in [-0.4, -0.2) is 10.2 Å². The van der Waals surface area contributed by atoms with E-state index in [4.69, 9.17) is 0 Å². The van der Waals surface area contributed by atoms with Gasteiger partial charge in [-0.1, -0.05) is 67.8 Å². The molecule has 0 heterocycles. The minimum atomic E-state index is 0.200. The van der Waals surface area contributed by atoms with E-state index in [1.54, 1.807) is 36.4 Å². The van der Waals surface area contributed by atoms with Gasteiger partial charge >= 0.3 is 0 Å². The highest BCUT2D eigenvalue weighted by molar-refractivity contribution is 5.86. The average molecular weight is 314 g/mol. The van der Waals surface area contributed by atoms with Crippen molar-refractivity contribution in [2.75, 3.05) is 0 Å². The lowest BCUT2D eigenvalue weighted by Gasteiger charge is -2.13. The Balaban J connectivity index is 2.23. The second-order valence-corrected chi connectivity index (χ2v) is 5.47. The molecule has 0 amide bonds. The number of hydrogen-bond acceptors (Lipinski definition) is 2. The van der Waals surface area contributed by atoms with Crippen LogP contribution in [0.15, 0.2) is 73.8 Å². The summed E-state index contributed by atoms with van der Waals surface area (Å²) in [7, 11) is 0. The van der Waals surface area contributed by atoms with Gasteiger partial charge in [0.05, 0.1) is 0 Å². The van der Waals surface area contributed by atoms with Crippen molar-refractivity contribution >= 4 is 12.2 Å². The summed E-state index contributed by atoms with van der Waals surface area (Å²) in [6, 6.07) is 18.4. The number of rotatable bonds is 4. The molecular formula is C22H18O2. The molecule has 2 N–H and O–H groups in total. The molecule has 0 atom stereocenters. The molecule has 118 valence electrons. The van der Waals surface area contributed by atoms with E-state index in [1.165, 1.54) is 0 Å². The van der Waals surface area contributed by atoms with E-state index in [1.807, 2.05) is 36.4 Å². The van der Waals surface area contributed by atoms with E-state index in [0.29, 0.717) is 0 Å². The van der Waals surface area contributed by atoms with Gasteiger partial charge < -0.3 is 10.2 Å². The van der Waals surface area contributed by atoms with Crippen LogP contribution >= 0.6 is 0 Å². The standard InChI is InChI=1S/C22H18O2/c1-3-15-8-6-12-19(23)21(15)17-10-5-11-18(14-17)22-16(4-2)9-7-13-20(22)24/h3-14,23-24H,1-2H2. The average Bonchev–Trinajstić information content (AvgIpc) is 2.61. The highest BCUT2D eigenvalue weighted by atomic mass is 16.3. The SMILES string of the molecule is C=Cc1cccc(O)c1-c1cccc(-c2c(O)cccc2C=C)c1. The predicted octanol–water partition coefficient (Wildman–Crippen LogP) is 5.72. The molecule has 0 saturated carbocycles. The van der Waals surface area contributed by atoms with Crippen LogP contribution < -0.4 is 0 Å². The minimum absolute atomic E-state index is 0.200. The molecule has 0 aliphatic carbocycles. The molecule has 0 unspecified atom stereocenters. The first kappa shape index (κ1) is 15.6. The van der Waals surface area contributed by atoms with Gasteiger partial charge in [0.2, 0.25) is 0 Å². The summed E-state index contributed by atoms with van der Waals surface area (Å²) < 4.78 is 0. The van der Waals surface area contributed by atoms with Crippen molar-refractivity contribution in [3.63, 3.8) is 0 Å². The van der Waals surface area contributed by atoms with E-state index < -0.39 is 0 Å². The van der Waals surface area contributed by atoms with Crippen LogP contribution in [0.1, 0.15) is 11.1 Å². The summed E-state index contributed by atoms with van der Waals surface area (Å²) in [5, 5.41) is 20.6. The quantitative estimate of drug-likeness (QED) is 0.646. The third kappa shape index (κ3) is 2.70. The van der Waals surface area contributed by atoms with Crippen LogP contribution in [0.25, 0.3) is 34.4 Å². The maximum atomic E-state index is 10.3. The molecule has 2 nitrogen and oxygen atoms in total. The monoisotopic (exact) mass is 314 g/mol. The van der Waals surface area contributed by atoms with Gasteiger partial charge in [-0.05, 0) is 40.5 Å². The zero-order valence-electron chi connectivity index (χ0n) is 13.2. The van der Waals surface area contributed by atoms with Crippen LogP contribution in [0.3, 0.4) is 0 Å². The summed E-state index contributed by atoms with van der Waals surface area (Å²) in [6.07, 6.45) is 3.44. The molecule has 0 aliphatic rings. The molecule has 0 saturated heterocycles. The summed E-state index contributed by atoms with van der Waals surface area (Å²) >= 11 is 0. The lowest BCUT2D eigenvalue weighted by atomic mass is 9.93. The Morgan fingerprint density at radius 3 is 1.46 bits per heavy atom. The Hall–Kier alpha value is -3.26. The maximum Gasteiger partial charge on any atom is 0.124 e. The molecule has 3 aromatic rings. The third-order valence-electron chi connectivity index (χ3n) is 4.03. The van der Waals surface area contributed by atoms with Gasteiger partial charge in [-0.25, -0.2) is 0 Å². The number of aromatic hydroxyl groups is 2. The number of hydrogen-bond donors (Lipinski definition) is 2. The van der Waals surface area contributed by atoms with Crippen LogP contribution in [-0.2, 0) is 0 Å². The van der Waals surface area contributed by atoms with Crippen LogP contribution in [0.2, 0.25) is 0 Å². The number of benzene rings is 3. The molecule has 0 spiro atoms. The lowest BCUT2D eigenvalue weighted by molar-refractivity contribution is 0.477. The Kier molecular flexibility index (Phi) is 4.21. The molecule has 0 aromatic heterocycles. The maximum absolute atomic E-state index is 10.3. The lowest BCUT2D eigenvalue weighted by Crippen LogP contribution is -1.88. The molecule has 24 heavy (non-hydrogen) atoms. The Morgan fingerprint density at radius 1 is 0.625 bits per heavy atom. The van der Waals surface area contributed by atoms with Crippen molar-refractivity contribution in [1.29, 1.82) is 0 Å². The van der Waals surface area contributed by atoms with Gasteiger partial charge in [-0.15, -0.1) is 0 Å². The highest BCUT2D eigenvalue weighted by Gasteiger charge is 2.12. The topological polar surface area (TPSA) is 40.5 Å². The number of phenolic OH excluding ortho intramolecular Hbond substituents is 2. The summed E-state index contributed by atoms with van der Waals surface area (Å²) in [4.78, 5) is 0. The minimum Gasteiger partial charge on any atom is -0.507 e. The van der Waals surface area contributed by atoms with Crippen molar-refractivity contribution in [1.82, 2.24) is 0 Å². The van der Waals surface area contributed by atoms with Crippen molar-refractivity contribution < 1.29 is 10.2 Å². The molecule has 0 bridgehead atoms. The largest absolute Gasteiger partial charge is 0.507 e. The summed E-state index contributed by atoms with van der Waals surface area (Å²) in [6.45, 7) is 7.63. The molecule has 0 radical (unpaired) electrons. The van der Waals surface area contributed by atoms with Crippen LogP contribution in [0, 0.1) is 0 Å². The fraction of sp³-hybridized carbons (Fsp3) is 0. The second-order valence-electron chi connectivity index (χ2n) is 5.47. The van der Waals surface area contributed by atoms with E-state index in [-0.39, 0.29) is 11.5 Å². The number of phenols is 2. The van der Waals surface area contributed by atoms with Crippen molar-refractivity contribution in [2.45, 2.75) is 0 Å². The first-order valence-corrected chi connectivity index (χ1v) is 7.65. The van der Waals surface area contributed by atoms with E-state index in [0.717, 1.165) is 33.4 Å². The fourth-order valence-electron chi connectivity index (χ4n) is 2.91. The van der Waals surface area contributed by atoms with Crippen LogP contribution in [0.4, 0.5) is 0 Å². The Morgan fingerprint density at radius 2 is 1.04 bits per heavy atom. The highest BCUT2D eigenvalue weighted by Crippen LogP contribution is 2.38. The molecule has 2 heteroatoms. The van der Waals surface area contributed by atoms with E-state index in [9.17, 15) is 10.2 Å². The second kappa shape index (κ2) is 6.47. The molecular weight excluding hydrogens is 296 g/mol. The van der Waals surface area contributed by atoms with Crippen LogP contribution in [0.5, 0.6) is 11.5 Å². The van der Waals surface area contributed by atoms with Gasteiger partial charge in [0.15, 0.2) is 0 Å². The molecule has 3 aromatic carbocycles. The Labute approximate surface area is 141 Å². The first-order valence-electron chi connectivity index (χ1n) is 7.65. The molecule has 0 fully saturated rings. The molecule has 3 rings (SSSR count). The van der Waals surface area contributed by atoms with Crippen molar-refractivity contribution in [2.24, 2.45) is 0 Å². The summed E-state index contributed by atoms with van der Waals surface area (Å²) in [5.74, 6) is 0.400. The predicted molar refractivity (Wildman–Crippen MR) is 101 cm³/mol. The van der Waals surface area contributed by atoms with Crippen molar-refractivity contribution in [3.05, 3.63) is 84.9 Å². The zero-order valence-corrected chi connectivity index (χ0v) is 13.2. The van der Waals surface area contributed by atoms with Gasteiger partial charge in [0.25, 0.3) is 0 Å². The Bertz CT molecular complexity index is 850.